The molecule has 0 saturated carbocycles. The summed E-state index contributed by atoms with van der Waals surface area (Å²) in [6, 6.07) is 7.83. The molecule has 20 heavy (non-hydrogen) atoms. The van der Waals surface area contributed by atoms with Gasteiger partial charge in [-0.2, -0.15) is 0 Å². The Kier molecular flexibility index (Phi) is 3.84. The van der Waals surface area contributed by atoms with Crippen LogP contribution in [-0.2, 0) is 12.8 Å². The topological polar surface area (TPSA) is 101 Å². The predicted octanol–water partition coefficient (Wildman–Crippen LogP) is 2.16. The summed E-state index contributed by atoms with van der Waals surface area (Å²) in [6.45, 7) is 1.97. The number of carbonyl (C=O) groups is 2. The molecule has 0 bridgehead atoms. The first kappa shape index (κ1) is 13.8. The largest absolute Gasteiger partial charge is 0.476 e. The molecule has 0 radical (unpaired) electrons. The Morgan fingerprint density at radius 2 is 1.95 bits per heavy atom. The van der Waals surface area contributed by atoms with Crippen LogP contribution in [0.1, 0.15) is 38.1 Å². The number of aryl methyl sites for hydroxylation is 3. The van der Waals surface area contributed by atoms with Gasteiger partial charge >= 0.3 is 11.9 Å². The lowest BCUT2D eigenvalue weighted by Gasteiger charge is -1.99. The molecule has 104 valence electrons. The first-order valence-electron chi connectivity index (χ1n) is 5.99. The molecule has 0 aliphatic rings. The lowest BCUT2D eigenvalue weighted by molar-refractivity contribution is 0.0623. The third kappa shape index (κ3) is 3.03. The fraction of sp³-hybridized carbons (Fsp3) is 0.214. The lowest BCUT2D eigenvalue weighted by atomic mass is 10.1. The molecule has 0 aliphatic carbocycles. The van der Waals surface area contributed by atoms with E-state index in [9.17, 15) is 9.59 Å². The van der Waals surface area contributed by atoms with E-state index in [-0.39, 0.29) is 5.89 Å². The highest BCUT2D eigenvalue weighted by atomic mass is 16.4. The monoisotopic (exact) mass is 275 g/mol. The van der Waals surface area contributed by atoms with Gasteiger partial charge in [0.1, 0.15) is 0 Å². The van der Waals surface area contributed by atoms with E-state index in [1.807, 2.05) is 31.2 Å². The zero-order valence-corrected chi connectivity index (χ0v) is 10.8. The zero-order chi connectivity index (χ0) is 14.7. The van der Waals surface area contributed by atoms with Crippen molar-refractivity contribution < 1.29 is 24.2 Å². The summed E-state index contributed by atoms with van der Waals surface area (Å²) < 4.78 is 5.00. The number of carboxylic acid groups (broad SMARTS) is 2. The highest BCUT2D eigenvalue weighted by Gasteiger charge is 2.24. The van der Waals surface area contributed by atoms with Gasteiger partial charge in [0.15, 0.2) is 5.89 Å². The lowest BCUT2D eigenvalue weighted by Crippen LogP contribution is -2.05. The van der Waals surface area contributed by atoms with Gasteiger partial charge in [0.25, 0.3) is 0 Å². The number of oxazole rings is 1. The van der Waals surface area contributed by atoms with Crippen molar-refractivity contribution in [3.63, 3.8) is 0 Å². The maximum absolute atomic E-state index is 10.9. The van der Waals surface area contributed by atoms with E-state index >= 15 is 0 Å². The fourth-order valence-corrected chi connectivity index (χ4v) is 1.88. The van der Waals surface area contributed by atoms with E-state index in [2.05, 4.69) is 4.98 Å². The van der Waals surface area contributed by atoms with Crippen molar-refractivity contribution in [2.24, 2.45) is 0 Å². The molecule has 0 fully saturated rings. The second-order valence-corrected chi connectivity index (χ2v) is 4.38. The van der Waals surface area contributed by atoms with Crippen LogP contribution < -0.4 is 0 Å². The quantitative estimate of drug-likeness (QED) is 0.867. The molecule has 1 heterocycles. The Morgan fingerprint density at radius 1 is 1.20 bits per heavy atom. The Labute approximate surface area is 114 Å². The molecule has 1 aromatic heterocycles. The van der Waals surface area contributed by atoms with Gasteiger partial charge in [0.2, 0.25) is 11.5 Å². The van der Waals surface area contributed by atoms with E-state index in [1.54, 1.807) is 0 Å². The average Bonchev–Trinajstić information content (AvgIpc) is 2.81. The molecule has 0 spiro atoms. The molecule has 6 nitrogen and oxygen atoms in total. The summed E-state index contributed by atoms with van der Waals surface area (Å²) in [4.78, 5) is 25.5. The summed E-state index contributed by atoms with van der Waals surface area (Å²) in [6.07, 6.45) is 0.942. The van der Waals surface area contributed by atoms with Gasteiger partial charge in [-0.25, -0.2) is 14.6 Å². The summed E-state index contributed by atoms with van der Waals surface area (Å²) in [7, 11) is 0. The number of aromatic nitrogens is 1. The van der Waals surface area contributed by atoms with Crippen LogP contribution in [0, 0.1) is 6.92 Å². The van der Waals surface area contributed by atoms with Crippen molar-refractivity contribution >= 4 is 11.9 Å². The standard InChI is InChI=1S/C14H13NO5/c1-8-3-2-4-9(7-8)5-6-10-15-11(13(16)17)12(20-10)14(18)19/h2-4,7H,5-6H2,1H3,(H,16,17)(H,18,19). The van der Waals surface area contributed by atoms with E-state index in [1.165, 1.54) is 0 Å². The van der Waals surface area contributed by atoms with Crippen LogP contribution in [0.25, 0.3) is 0 Å². The van der Waals surface area contributed by atoms with Gasteiger partial charge in [-0.05, 0) is 18.9 Å². The van der Waals surface area contributed by atoms with Crippen LogP contribution in [-0.4, -0.2) is 27.1 Å². The number of benzene rings is 1. The highest BCUT2D eigenvalue weighted by molar-refractivity contribution is 5.98. The first-order chi connectivity index (χ1) is 9.47. The average molecular weight is 275 g/mol. The first-order valence-corrected chi connectivity index (χ1v) is 5.99. The van der Waals surface area contributed by atoms with Crippen molar-refractivity contribution in [2.45, 2.75) is 19.8 Å². The molecule has 0 saturated heterocycles. The van der Waals surface area contributed by atoms with E-state index < -0.39 is 23.4 Å². The molecule has 0 amide bonds. The fourth-order valence-electron chi connectivity index (χ4n) is 1.88. The molecule has 0 atom stereocenters. The number of hydrogen-bond acceptors (Lipinski definition) is 4. The van der Waals surface area contributed by atoms with Crippen molar-refractivity contribution in [1.82, 2.24) is 4.98 Å². The van der Waals surface area contributed by atoms with Crippen molar-refractivity contribution in [1.29, 1.82) is 0 Å². The minimum absolute atomic E-state index is 0.112. The Morgan fingerprint density at radius 3 is 2.50 bits per heavy atom. The molecule has 2 N–H and O–H groups in total. The second-order valence-electron chi connectivity index (χ2n) is 4.38. The third-order valence-corrected chi connectivity index (χ3v) is 2.78. The normalized spacial score (nSPS) is 10.4. The number of carboxylic acids is 2. The number of hydrogen-bond donors (Lipinski definition) is 2. The van der Waals surface area contributed by atoms with Crippen LogP contribution in [0.5, 0.6) is 0 Å². The van der Waals surface area contributed by atoms with Crippen molar-refractivity contribution in [3.8, 4) is 0 Å². The van der Waals surface area contributed by atoms with E-state index in [4.69, 9.17) is 14.6 Å². The maximum atomic E-state index is 10.9. The van der Waals surface area contributed by atoms with Gasteiger partial charge in [-0.15, -0.1) is 0 Å². The molecule has 2 rings (SSSR count). The highest BCUT2D eigenvalue weighted by Crippen LogP contribution is 2.14. The molecule has 6 heteroatoms. The minimum Gasteiger partial charge on any atom is -0.476 e. The maximum Gasteiger partial charge on any atom is 0.374 e. The summed E-state index contributed by atoms with van der Waals surface area (Å²) in [5.74, 6) is -3.36. The third-order valence-electron chi connectivity index (χ3n) is 2.78. The summed E-state index contributed by atoms with van der Waals surface area (Å²) in [5.41, 5.74) is 1.61. The van der Waals surface area contributed by atoms with Crippen molar-refractivity contribution in [2.75, 3.05) is 0 Å². The van der Waals surface area contributed by atoms with Crippen LogP contribution in [0.3, 0.4) is 0 Å². The molecule has 2 aromatic rings. The zero-order valence-electron chi connectivity index (χ0n) is 10.8. The molecule has 0 aliphatic heterocycles. The van der Waals surface area contributed by atoms with Crippen LogP contribution in [0.2, 0.25) is 0 Å². The smallest absolute Gasteiger partial charge is 0.374 e. The second kappa shape index (κ2) is 5.56. The van der Waals surface area contributed by atoms with Gasteiger partial charge in [0, 0.05) is 6.42 Å². The van der Waals surface area contributed by atoms with Crippen molar-refractivity contribution in [3.05, 3.63) is 52.7 Å². The number of aromatic carboxylic acids is 2. The van der Waals surface area contributed by atoms with Gasteiger partial charge in [0.05, 0.1) is 0 Å². The number of nitrogens with zero attached hydrogens (tertiary/aromatic N) is 1. The van der Waals surface area contributed by atoms with E-state index in [0.717, 1.165) is 11.1 Å². The predicted molar refractivity (Wildman–Crippen MR) is 69.0 cm³/mol. The van der Waals surface area contributed by atoms with Gasteiger partial charge in [-0.3, -0.25) is 0 Å². The van der Waals surface area contributed by atoms with Crippen LogP contribution >= 0.6 is 0 Å². The summed E-state index contributed by atoms with van der Waals surface area (Å²) in [5, 5.41) is 17.7. The van der Waals surface area contributed by atoms with Gasteiger partial charge in [-0.1, -0.05) is 29.8 Å². The SMILES string of the molecule is Cc1cccc(CCc2nc(C(=O)O)c(C(=O)O)o2)c1. The Bertz CT molecular complexity index is 628. The number of rotatable bonds is 5. The Balaban J connectivity index is 2.16. The van der Waals surface area contributed by atoms with E-state index in [0.29, 0.717) is 12.8 Å². The Hall–Kier alpha value is -2.63. The molecule has 1 aromatic carbocycles. The molecular formula is C14H13NO5. The minimum atomic E-state index is -1.43. The van der Waals surface area contributed by atoms with Gasteiger partial charge < -0.3 is 14.6 Å². The van der Waals surface area contributed by atoms with Crippen LogP contribution in [0.4, 0.5) is 0 Å². The van der Waals surface area contributed by atoms with Crippen LogP contribution in [0.15, 0.2) is 28.7 Å². The molecular weight excluding hydrogens is 262 g/mol. The molecule has 0 unspecified atom stereocenters. The summed E-state index contributed by atoms with van der Waals surface area (Å²) >= 11 is 0.